The van der Waals surface area contributed by atoms with Gasteiger partial charge in [0.2, 0.25) is 5.82 Å². The molecule has 0 aliphatic carbocycles. The van der Waals surface area contributed by atoms with Crippen molar-refractivity contribution in [2.24, 2.45) is 13.0 Å². The van der Waals surface area contributed by atoms with Crippen molar-refractivity contribution in [3.05, 3.63) is 70.9 Å². The summed E-state index contributed by atoms with van der Waals surface area (Å²) in [4.78, 5) is 4.38. The SMILES string of the molecule is CNCc1cnc2ccc(-c3ccc(F)c(F)c3OCCc3c(C(O)C(C)C)nn(C)c3C)cn12. The number of imidazole rings is 1. The molecule has 1 atom stereocenters. The number of aliphatic hydroxyl groups excluding tert-OH is 1. The predicted octanol–water partition coefficient (Wildman–Crippen LogP) is 4.35. The third-order valence-corrected chi connectivity index (χ3v) is 6.30. The molecule has 35 heavy (non-hydrogen) atoms. The van der Waals surface area contributed by atoms with Gasteiger partial charge in [0.1, 0.15) is 11.8 Å². The van der Waals surface area contributed by atoms with Crippen LogP contribution in [-0.4, -0.2) is 37.9 Å². The molecular weight excluding hydrogens is 452 g/mol. The van der Waals surface area contributed by atoms with Crippen molar-refractivity contribution in [3.8, 4) is 16.9 Å². The van der Waals surface area contributed by atoms with Crippen LogP contribution in [-0.2, 0) is 20.0 Å². The van der Waals surface area contributed by atoms with Crippen molar-refractivity contribution in [1.82, 2.24) is 24.5 Å². The molecule has 3 aromatic heterocycles. The molecule has 0 fully saturated rings. The van der Waals surface area contributed by atoms with Gasteiger partial charge in [0.05, 0.1) is 24.2 Å². The highest BCUT2D eigenvalue weighted by molar-refractivity contribution is 5.71. The van der Waals surface area contributed by atoms with Crippen LogP contribution in [0.1, 0.15) is 42.6 Å². The molecule has 1 unspecified atom stereocenters. The molecule has 0 saturated carbocycles. The van der Waals surface area contributed by atoms with Gasteiger partial charge >= 0.3 is 0 Å². The molecule has 0 radical (unpaired) electrons. The molecule has 0 spiro atoms. The van der Waals surface area contributed by atoms with E-state index in [1.807, 2.05) is 57.6 Å². The molecule has 0 aliphatic rings. The number of nitrogens with one attached hydrogen (secondary N) is 1. The molecule has 9 heteroatoms. The van der Waals surface area contributed by atoms with Crippen LogP contribution in [0.3, 0.4) is 0 Å². The van der Waals surface area contributed by atoms with Crippen molar-refractivity contribution in [2.45, 2.75) is 39.8 Å². The van der Waals surface area contributed by atoms with Gasteiger partial charge in [-0.2, -0.15) is 9.49 Å². The molecule has 3 heterocycles. The highest BCUT2D eigenvalue weighted by atomic mass is 19.2. The van der Waals surface area contributed by atoms with E-state index in [0.717, 1.165) is 28.7 Å². The Bertz CT molecular complexity index is 1350. The van der Waals surface area contributed by atoms with Crippen molar-refractivity contribution in [2.75, 3.05) is 13.7 Å². The van der Waals surface area contributed by atoms with Crippen molar-refractivity contribution in [1.29, 1.82) is 0 Å². The maximum absolute atomic E-state index is 14.9. The Kier molecular flexibility index (Phi) is 7.18. The molecule has 186 valence electrons. The summed E-state index contributed by atoms with van der Waals surface area (Å²) in [5, 5.41) is 18.2. The van der Waals surface area contributed by atoms with Gasteiger partial charge in [-0.3, -0.25) is 4.68 Å². The molecular formula is C26H31F2N5O2. The summed E-state index contributed by atoms with van der Waals surface area (Å²) in [7, 11) is 3.66. The lowest BCUT2D eigenvalue weighted by Crippen LogP contribution is -2.11. The second kappa shape index (κ2) is 10.1. The van der Waals surface area contributed by atoms with Crippen LogP contribution in [0.15, 0.2) is 36.7 Å². The van der Waals surface area contributed by atoms with Crippen LogP contribution in [0, 0.1) is 24.5 Å². The van der Waals surface area contributed by atoms with E-state index >= 15 is 0 Å². The second-order valence-electron chi connectivity index (χ2n) is 9.02. The van der Waals surface area contributed by atoms with E-state index in [2.05, 4.69) is 15.4 Å². The lowest BCUT2D eigenvalue weighted by molar-refractivity contribution is 0.120. The number of fused-ring (bicyclic) bond motifs is 1. The molecule has 1 aromatic carbocycles. The normalized spacial score (nSPS) is 12.6. The third kappa shape index (κ3) is 4.78. The maximum Gasteiger partial charge on any atom is 0.201 e. The fourth-order valence-corrected chi connectivity index (χ4v) is 4.20. The summed E-state index contributed by atoms with van der Waals surface area (Å²) in [5.41, 5.74) is 5.15. The predicted molar refractivity (Wildman–Crippen MR) is 130 cm³/mol. The van der Waals surface area contributed by atoms with Crippen LogP contribution < -0.4 is 10.1 Å². The largest absolute Gasteiger partial charge is 0.489 e. The Morgan fingerprint density at radius 3 is 2.66 bits per heavy atom. The standard InChI is InChI=1S/C26H31F2N5O2/c1-15(2)25(34)24-19(16(3)32(5)31-24)10-11-35-26-20(7-8-21(27)23(26)28)17-6-9-22-30-13-18(12-29-4)33(22)14-17/h6-9,13-15,25,29,34H,10-12H2,1-5H3. The average molecular weight is 484 g/mol. The minimum absolute atomic E-state index is 0.0119. The number of ether oxygens (including phenoxy) is 1. The number of halogens is 2. The summed E-state index contributed by atoms with van der Waals surface area (Å²) in [5.74, 6) is -2.17. The average Bonchev–Trinajstić information content (AvgIpc) is 3.36. The smallest absolute Gasteiger partial charge is 0.201 e. The molecule has 4 aromatic rings. The Labute approximate surface area is 203 Å². The summed E-state index contributed by atoms with van der Waals surface area (Å²) < 4.78 is 38.6. The first-order chi connectivity index (χ1) is 16.7. The minimum atomic E-state index is -1.03. The van der Waals surface area contributed by atoms with Gasteiger partial charge in [0, 0.05) is 48.6 Å². The lowest BCUT2D eigenvalue weighted by Gasteiger charge is -2.16. The first kappa shape index (κ1) is 24.8. The number of nitrogens with zero attached hydrogens (tertiary/aromatic N) is 4. The highest BCUT2D eigenvalue weighted by Crippen LogP contribution is 2.35. The lowest BCUT2D eigenvalue weighted by atomic mass is 9.99. The van der Waals surface area contributed by atoms with Gasteiger partial charge in [-0.25, -0.2) is 9.37 Å². The number of aliphatic hydroxyl groups is 1. The van der Waals surface area contributed by atoms with Crippen LogP contribution in [0.5, 0.6) is 5.75 Å². The summed E-state index contributed by atoms with van der Waals surface area (Å²) in [6.07, 6.45) is 3.29. The maximum atomic E-state index is 14.9. The number of benzene rings is 1. The van der Waals surface area contributed by atoms with E-state index in [1.54, 1.807) is 10.9 Å². The van der Waals surface area contributed by atoms with Gasteiger partial charge < -0.3 is 19.6 Å². The summed E-state index contributed by atoms with van der Waals surface area (Å²) in [6, 6.07) is 6.27. The Morgan fingerprint density at radius 1 is 1.17 bits per heavy atom. The Morgan fingerprint density at radius 2 is 1.94 bits per heavy atom. The fourth-order valence-electron chi connectivity index (χ4n) is 4.20. The zero-order valence-electron chi connectivity index (χ0n) is 20.6. The zero-order valence-corrected chi connectivity index (χ0v) is 20.6. The highest BCUT2D eigenvalue weighted by Gasteiger charge is 2.23. The molecule has 2 N–H and O–H groups in total. The third-order valence-electron chi connectivity index (χ3n) is 6.30. The number of pyridine rings is 1. The Balaban J connectivity index is 1.65. The van der Waals surface area contributed by atoms with Gasteiger partial charge in [0.25, 0.3) is 0 Å². The van der Waals surface area contributed by atoms with Crippen molar-refractivity contribution >= 4 is 5.65 Å². The van der Waals surface area contributed by atoms with Crippen LogP contribution in [0.2, 0.25) is 0 Å². The number of rotatable bonds is 9. The summed E-state index contributed by atoms with van der Waals surface area (Å²) >= 11 is 0. The molecule has 0 amide bonds. The number of hydrogen-bond donors (Lipinski definition) is 2. The molecule has 0 aliphatic heterocycles. The van der Waals surface area contributed by atoms with Crippen LogP contribution in [0.25, 0.3) is 16.8 Å². The first-order valence-corrected chi connectivity index (χ1v) is 11.6. The van der Waals surface area contributed by atoms with Gasteiger partial charge in [-0.05, 0) is 44.2 Å². The molecule has 0 saturated heterocycles. The zero-order chi connectivity index (χ0) is 25.3. The van der Waals surface area contributed by atoms with E-state index in [-0.39, 0.29) is 18.3 Å². The number of aromatic nitrogens is 4. The molecule has 0 bridgehead atoms. The van der Waals surface area contributed by atoms with Gasteiger partial charge in [-0.1, -0.05) is 13.8 Å². The van der Waals surface area contributed by atoms with Crippen molar-refractivity contribution in [3.63, 3.8) is 0 Å². The Hall–Kier alpha value is -3.30. The first-order valence-electron chi connectivity index (χ1n) is 11.6. The minimum Gasteiger partial charge on any atom is -0.489 e. The van der Waals surface area contributed by atoms with Crippen molar-refractivity contribution < 1.29 is 18.6 Å². The van der Waals surface area contributed by atoms with E-state index in [9.17, 15) is 13.9 Å². The number of hydrogen-bond acceptors (Lipinski definition) is 5. The van der Waals surface area contributed by atoms with Crippen LogP contribution >= 0.6 is 0 Å². The van der Waals surface area contributed by atoms with Crippen LogP contribution in [0.4, 0.5) is 8.78 Å². The van der Waals surface area contributed by atoms with Gasteiger partial charge in [-0.15, -0.1) is 0 Å². The molecule has 4 rings (SSSR count). The van der Waals surface area contributed by atoms with Gasteiger partial charge in [0.15, 0.2) is 11.6 Å². The topological polar surface area (TPSA) is 76.6 Å². The van der Waals surface area contributed by atoms with E-state index in [1.165, 1.54) is 6.07 Å². The van der Waals surface area contributed by atoms with E-state index in [0.29, 0.717) is 29.8 Å². The van der Waals surface area contributed by atoms with E-state index in [4.69, 9.17) is 4.74 Å². The number of aryl methyl sites for hydroxylation is 1. The monoisotopic (exact) mass is 483 g/mol. The molecule has 7 nitrogen and oxygen atoms in total. The summed E-state index contributed by atoms with van der Waals surface area (Å²) in [6.45, 7) is 6.46. The quantitative estimate of drug-likeness (QED) is 0.370. The fraction of sp³-hybridized carbons (Fsp3) is 0.385. The second-order valence-corrected chi connectivity index (χ2v) is 9.02. The van der Waals surface area contributed by atoms with E-state index < -0.39 is 17.7 Å².